The molecule has 108 valence electrons. The third-order valence-electron chi connectivity index (χ3n) is 2.94. The van der Waals surface area contributed by atoms with Crippen LogP contribution in [0.4, 0.5) is 10.5 Å². The number of carboxylic acids is 1. The van der Waals surface area contributed by atoms with Crippen LogP contribution in [0.2, 0.25) is 0 Å². The SMILES string of the molecule is CN(C(=O)NCc1ccc(C(=O)O)nc1)c1ccccc1. The molecule has 6 nitrogen and oxygen atoms in total. The molecule has 0 saturated heterocycles. The van der Waals surface area contributed by atoms with Gasteiger partial charge in [-0.25, -0.2) is 14.6 Å². The van der Waals surface area contributed by atoms with Gasteiger partial charge in [-0.1, -0.05) is 24.3 Å². The van der Waals surface area contributed by atoms with Crippen LogP contribution >= 0.6 is 0 Å². The van der Waals surface area contributed by atoms with Gasteiger partial charge in [0, 0.05) is 25.5 Å². The molecule has 0 radical (unpaired) electrons. The monoisotopic (exact) mass is 285 g/mol. The van der Waals surface area contributed by atoms with E-state index in [1.807, 2.05) is 30.3 Å². The lowest BCUT2D eigenvalue weighted by molar-refractivity contribution is 0.0690. The lowest BCUT2D eigenvalue weighted by Crippen LogP contribution is -2.36. The maximum absolute atomic E-state index is 12.0. The van der Waals surface area contributed by atoms with E-state index in [-0.39, 0.29) is 18.3 Å². The Labute approximate surface area is 122 Å². The first-order chi connectivity index (χ1) is 10.1. The lowest BCUT2D eigenvalue weighted by Gasteiger charge is -2.17. The number of amides is 2. The highest BCUT2D eigenvalue weighted by Crippen LogP contribution is 2.11. The fourth-order valence-electron chi connectivity index (χ4n) is 1.72. The number of anilines is 1. The van der Waals surface area contributed by atoms with Gasteiger partial charge in [-0.3, -0.25) is 4.90 Å². The Kier molecular flexibility index (Phi) is 4.50. The molecule has 2 amide bonds. The van der Waals surface area contributed by atoms with Gasteiger partial charge in [-0.05, 0) is 23.8 Å². The number of aromatic carboxylic acids is 1. The molecule has 0 fully saturated rings. The highest BCUT2D eigenvalue weighted by atomic mass is 16.4. The number of benzene rings is 1. The first-order valence-electron chi connectivity index (χ1n) is 6.33. The summed E-state index contributed by atoms with van der Waals surface area (Å²) in [5, 5.41) is 11.5. The number of hydrogen-bond acceptors (Lipinski definition) is 3. The average Bonchev–Trinajstić information content (AvgIpc) is 2.53. The molecule has 2 aromatic rings. The quantitative estimate of drug-likeness (QED) is 0.901. The normalized spacial score (nSPS) is 9.95. The van der Waals surface area contributed by atoms with Crippen molar-refractivity contribution in [3.63, 3.8) is 0 Å². The van der Waals surface area contributed by atoms with Gasteiger partial charge in [0.05, 0.1) is 0 Å². The number of carboxylic acid groups (broad SMARTS) is 1. The Morgan fingerprint density at radius 1 is 1.19 bits per heavy atom. The largest absolute Gasteiger partial charge is 0.477 e. The van der Waals surface area contributed by atoms with Crippen LogP contribution in [0.5, 0.6) is 0 Å². The second kappa shape index (κ2) is 6.51. The maximum Gasteiger partial charge on any atom is 0.354 e. The molecular formula is C15H15N3O3. The van der Waals surface area contributed by atoms with Gasteiger partial charge in [0.1, 0.15) is 5.69 Å². The van der Waals surface area contributed by atoms with E-state index in [0.29, 0.717) is 0 Å². The molecule has 0 bridgehead atoms. The molecule has 0 saturated carbocycles. The molecule has 1 aromatic carbocycles. The Morgan fingerprint density at radius 3 is 2.48 bits per heavy atom. The van der Waals surface area contributed by atoms with Crippen LogP contribution in [0.15, 0.2) is 48.7 Å². The maximum atomic E-state index is 12.0. The molecule has 2 rings (SSSR count). The average molecular weight is 285 g/mol. The van der Waals surface area contributed by atoms with E-state index < -0.39 is 5.97 Å². The Balaban J connectivity index is 1.93. The van der Waals surface area contributed by atoms with Crippen LogP contribution < -0.4 is 10.2 Å². The molecule has 0 unspecified atom stereocenters. The van der Waals surface area contributed by atoms with Gasteiger partial charge in [0.2, 0.25) is 0 Å². The highest BCUT2D eigenvalue weighted by molar-refractivity contribution is 5.91. The van der Waals surface area contributed by atoms with Crippen molar-refractivity contribution >= 4 is 17.7 Å². The molecule has 1 heterocycles. The van der Waals surface area contributed by atoms with Gasteiger partial charge < -0.3 is 10.4 Å². The van der Waals surface area contributed by atoms with Gasteiger partial charge >= 0.3 is 12.0 Å². The van der Waals surface area contributed by atoms with Crippen LogP contribution in [0.1, 0.15) is 16.1 Å². The van der Waals surface area contributed by atoms with Gasteiger partial charge in [0.15, 0.2) is 0 Å². The highest BCUT2D eigenvalue weighted by Gasteiger charge is 2.10. The van der Waals surface area contributed by atoms with Crippen molar-refractivity contribution < 1.29 is 14.7 Å². The molecule has 2 N–H and O–H groups in total. The number of para-hydroxylation sites is 1. The summed E-state index contributed by atoms with van der Waals surface area (Å²) in [5.41, 5.74) is 1.50. The van der Waals surface area contributed by atoms with E-state index in [4.69, 9.17) is 5.11 Å². The fourth-order valence-corrected chi connectivity index (χ4v) is 1.72. The van der Waals surface area contributed by atoms with Crippen molar-refractivity contribution in [3.05, 3.63) is 59.9 Å². The fraction of sp³-hybridized carbons (Fsp3) is 0.133. The van der Waals surface area contributed by atoms with E-state index in [9.17, 15) is 9.59 Å². The van der Waals surface area contributed by atoms with Crippen molar-refractivity contribution in [2.75, 3.05) is 11.9 Å². The number of carbonyl (C=O) groups is 2. The number of carbonyl (C=O) groups excluding carboxylic acids is 1. The lowest BCUT2D eigenvalue weighted by atomic mass is 10.2. The molecule has 21 heavy (non-hydrogen) atoms. The van der Waals surface area contributed by atoms with E-state index >= 15 is 0 Å². The summed E-state index contributed by atoms with van der Waals surface area (Å²) in [6.45, 7) is 0.281. The Hall–Kier alpha value is -2.89. The van der Waals surface area contributed by atoms with Crippen molar-refractivity contribution in [2.24, 2.45) is 0 Å². The summed E-state index contributed by atoms with van der Waals surface area (Å²) < 4.78 is 0. The number of rotatable bonds is 4. The molecule has 0 spiro atoms. The van der Waals surface area contributed by atoms with Crippen molar-refractivity contribution in [2.45, 2.75) is 6.54 Å². The summed E-state index contributed by atoms with van der Waals surface area (Å²) in [7, 11) is 1.68. The number of pyridine rings is 1. The van der Waals surface area contributed by atoms with Gasteiger partial charge in [-0.2, -0.15) is 0 Å². The number of aromatic nitrogens is 1. The van der Waals surface area contributed by atoms with Crippen molar-refractivity contribution in [1.82, 2.24) is 10.3 Å². The predicted octanol–water partition coefficient (Wildman–Crippen LogP) is 2.13. The smallest absolute Gasteiger partial charge is 0.354 e. The third-order valence-corrected chi connectivity index (χ3v) is 2.94. The summed E-state index contributed by atoms with van der Waals surface area (Å²) in [4.78, 5) is 28.0. The topological polar surface area (TPSA) is 82.5 Å². The molecule has 1 aromatic heterocycles. The van der Waals surface area contributed by atoms with Crippen LogP contribution in [0.3, 0.4) is 0 Å². The van der Waals surface area contributed by atoms with Gasteiger partial charge in [-0.15, -0.1) is 0 Å². The third kappa shape index (κ3) is 3.79. The predicted molar refractivity (Wildman–Crippen MR) is 78.3 cm³/mol. The second-order valence-electron chi connectivity index (χ2n) is 4.41. The molecule has 0 aliphatic rings. The number of nitrogens with zero attached hydrogens (tertiary/aromatic N) is 2. The molecule has 0 atom stereocenters. The molecule has 6 heteroatoms. The van der Waals surface area contributed by atoms with Gasteiger partial charge in [0.25, 0.3) is 0 Å². The summed E-state index contributed by atoms with van der Waals surface area (Å²) in [6, 6.07) is 12.0. The van der Waals surface area contributed by atoms with E-state index in [1.54, 1.807) is 13.1 Å². The zero-order valence-electron chi connectivity index (χ0n) is 11.5. The standard InChI is InChI=1S/C15H15N3O3/c1-18(12-5-3-2-4-6-12)15(21)17-10-11-7-8-13(14(19)20)16-9-11/h2-9H,10H2,1H3,(H,17,21)(H,19,20). The van der Waals surface area contributed by atoms with E-state index in [1.165, 1.54) is 17.2 Å². The second-order valence-corrected chi connectivity index (χ2v) is 4.41. The zero-order valence-corrected chi connectivity index (χ0v) is 11.5. The van der Waals surface area contributed by atoms with Crippen LogP contribution in [0.25, 0.3) is 0 Å². The number of nitrogens with one attached hydrogen (secondary N) is 1. The molecule has 0 aliphatic carbocycles. The summed E-state index contributed by atoms with van der Waals surface area (Å²) in [5.74, 6) is -1.07. The first-order valence-corrected chi connectivity index (χ1v) is 6.33. The summed E-state index contributed by atoms with van der Waals surface area (Å²) in [6.07, 6.45) is 1.44. The number of hydrogen-bond donors (Lipinski definition) is 2. The Bertz CT molecular complexity index is 626. The minimum absolute atomic E-state index is 0.0218. The minimum Gasteiger partial charge on any atom is -0.477 e. The van der Waals surface area contributed by atoms with E-state index in [2.05, 4.69) is 10.3 Å². The first kappa shape index (κ1) is 14.5. The van der Waals surface area contributed by atoms with Crippen molar-refractivity contribution in [3.8, 4) is 0 Å². The van der Waals surface area contributed by atoms with Crippen LogP contribution in [-0.2, 0) is 6.54 Å². The zero-order chi connectivity index (χ0) is 15.2. The van der Waals surface area contributed by atoms with Crippen LogP contribution in [-0.4, -0.2) is 29.1 Å². The van der Waals surface area contributed by atoms with Crippen LogP contribution in [0, 0.1) is 0 Å². The van der Waals surface area contributed by atoms with E-state index in [0.717, 1.165) is 11.3 Å². The Morgan fingerprint density at radius 2 is 1.90 bits per heavy atom. The number of urea groups is 1. The minimum atomic E-state index is -1.07. The molecular weight excluding hydrogens is 270 g/mol. The summed E-state index contributed by atoms with van der Waals surface area (Å²) >= 11 is 0. The van der Waals surface area contributed by atoms with Crippen molar-refractivity contribution in [1.29, 1.82) is 0 Å². The molecule has 0 aliphatic heterocycles.